The first kappa shape index (κ1) is 14.4. The van der Waals surface area contributed by atoms with Gasteiger partial charge in [0.15, 0.2) is 0 Å². The highest BCUT2D eigenvalue weighted by Gasteiger charge is 2.77. The average molecular weight is 287 g/mol. The number of halogens is 10. The van der Waals surface area contributed by atoms with Gasteiger partial charge in [0.05, 0.1) is 0 Å². The van der Waals surface area contributed by atoms with Gasteiger partial charge in [-0.25, -0.2) is 0 Å². The summed E-state index contributed by atoms with van der Waals surface area (Å²) < 4.78 is 78.6. The van der Waals surface area contributed by atoms with E-state index in [0.29, 0.717) is 0 Å². The molecule has 0 fully saturated rings. The predicted molar refractivity (Wildman–Crippen MR) is 36.2 cm³/mol. The Hall–Kier alpha value is 0.380. The molecule has 0 aliphatic carbocycles. The third-order valence-corrected chi connectivity index (χ3v) is 2.25. The van der Waals surface area contributed by atoms with Crippen LogP contribution in [0.5, 0.6) is 0 Å². The number of hydrogen-bond donors (Lipinski definition) is 0. The molecular weight excluding hydrogens is 287 g/mol. The molecular formula is C4Cl3F7. The first-order valence-electron chi connectivity index (χ1n) is 2.64. The molecule has 0 aromatic heterocycles. The summed E-state index contributed by atoms with van der Waals surface area (Å²) in [6, 6.07) is 0. The van der Waals surface area contributed by atoms with Crippen LogP contribution in [0.25, 0.3) is 0 Å². The molecule has 0 radical (unpaired) electrons. The van der Waals surface area contributed by atoms with Gasteiger partial charge in [-0.15, -0.1) is 0 Å². The van der Waals surface area contributed by atoms with Gasteiger partial charge in [0, 0.05) is 0 Å². The Labute approximate surface area is 87.9 Å². The molecule has 0 rings (SSSR count). The van der Waals surface area contributed by atoms with E-state index < -0.39 is 21.8 Å². The summed E-state index contributed by atoms with van der Waals surface area (Å²) in [7, 11) is 0. The molecule has 14 heavy (non-hydrogen) atoms. The minimum absolute atomic E-state index is 3.76. The lowest BCUT2D eigenvalue weighted by Gasteiger charge is -2.33. The van der Waals surface area contributed by atoms with Crippen LogP contribution >= 0.6 is 34.8 Å². The van der Waals surface area contributed by atoms with Gasteiger partial charge in [0.2, 0.25) is 0 Å². The minimum Gasteiger partial charge on any atom is -0.194 e. The summed E-state index contributed by atoms with van der Waals surface area (Å²) in [6.07, 6.45) is -5.95. The molecule has 0 atom stereocenters. The summed E-state index contributed by atoms with van der Waals surface area (Å²) >= 11 is 12.0. The largest absolute Gasteiger partial charge is 0.427 e. The van der Waals surface area contributed by atoms with Crippen LogP contribution in [0.2, 0.25) is 0 Å². The zero-order chi connectivity index (χ0) is 12.0. The van der Waals surface area contributed by atoms with Crippen LogP contribution in [0.1, 0.15) is 0 Å². The van der Waals surface area contributed by atoms with Crippen molar-refractivity contribution in [3.8, 4) is 0 Å². The normalized spacial score (nSPS) is 15.9. The Kier molecular flexibility index (Phi) is 3.54. The van der Waals surface area contributed by atoms with Crippen LogP contribution in [0, 0.1) is 0 Å². The van der Waals surface area contributed by atoms with Crippen molar-refractivity contribution in [2.45, 2.75) is 21.8 Å². The number of rotatable bonds is 2. The van der Waals surface area contributed by atoms with Crippen molar-refractivity contribution in [2.24, 2.45) is 0 Å². The maximum absolute atomic E-state index is 12.3. The molecule has 0 aromatic rings. The van der Waals surface area contributed by atoms with Crippen LogP contribution in [-0.4, -0.2) is 21.8 Å². The summed E-state index contributed by atoms with van der Waals surface area (Å²) in [5, 5.41) is -5.51. The zero-order valence-electron chi connectivity index (χ0n) is 5.78. The molecule has 0 bridgehead atoms. The van der Waals surface area contributed by atoms with Crippen molar-refractivity contribution in [1.82, 2.24) is 0 Å². The van der Waals surface area contributed by atoms with Gasteiger partial charge in [-0.05, 0) is 11.6 Å². The van der Waals surface area contributed by atoms with E-state index in [0.717, 1.165) is 0 Å². The topological polar surface area (TPSA) is 0 Å². The van der Waals surface area contributed by atoms with Crippen LogP contribution in [0.4, 0.5) is 30.7 Å². The second kappa shape index (κ2) is 3.45. The molecule has 0 aliphatic heterocycles. The Morgan fingerprint density at radius 1 is 0.643 bits per heavy atom. The molecule has 0 nitrogen and oxygen atoms in total. The zero-order valence-corrected chi connectivity index (χ0v) is 8.05. The highest BCUT2D eigenvalue weighted by Crippen LogP contribution is 2.56. The second-order valence-electron chi connectivity index (χ2n) is 2.14. The molecule has 0 aliphatic rings. The Bertz CT molecular complexity index is 190. The molecule has 0 unspecified atom stereocenters. The van der Waals surface area contributed by atoms with E-state index >= 15 is 0 Å². The van der Waals surface area contributed by atoms with Crippen LogP contribution in [0.15, 0.2) is 0 Å². The maximum atomic E-state index is 12.3. The molecule has 0 amide bonds. The fraction of sp³-hybridized carbons (Fsp3) is 1.00. The highest BCUT2D eigenvalue weighted by molar-refractivity contribution is 6.50. The van der Waals surface area contributed by atoms with Gasteiger partial charge < -0.3 is 0 Å². The SMILES string of the molecule is FC(F)(F)C(Cl)(Cl)C(F)(F)C(F)(F)Cl. The summed E-state index contributed by atoms with van der Waals surface area (Å²) in [6.45, 7) is 0. The quantitative estimate of drug-likeness (QED) is 0.528. The number of hydrogen-bond acceptors (Lipinski definition) is 0. The summed E-state index contributed by atoms with van der Waals surface area (Å²) in [4.78, 5) is 0. The van der Waals surface area contributed by atoms with Gasteiger partial charge in [-0.3, -0.25) is 0 Å². The summed E-state index contributed by atoms with van der Waals surface area (Å²) in [5.74, 6) is -5.84. The van der Waals surface area contributed by atoms with E-state index in [2.05, 4.69) is 34.8 Å². The molecule has 0 saturated carbocycles. The van der Waals surface area contributed by atoms with E-state index in [1.807, 2.05) is 0 Å². The van der Waals surface area contributed by atoms with Crippen molar-refractivity contribution in [3.05, 3.63) is 0 Å². The molecule has 10 heteroatoms. The second-order valence-corrected chi connectivity index (χ2v) is 3.95. The lowest BCUT2D eigenvalue weighted by molar-refractivity contribution is -0.244. The van der Waals surface area contributed by atoms with Crippen molar-refractivity contribution < 1.29 is 30.7 Å². The lowest BCUT2D eigenvalue weighted by Crippen LogP contribution is -2.57. The van der Waals surface area contributed by atoms with Crippen LogP contribution in [0.3, 0.4) is 0 Å². The Morgan fingerprint density at radius 3 is 1.00 bits per heavy atom. The molecule has 0 saturated heterocycles. The average Bonchev–Trinajstić information content (AvgIpc) is 1.81. The van der Waals surface area contributed by atoms with Crippen LogP contribution < -0.4 is 0 Å². The van der Waals surface area contributed by atoms with E-state index in [1.54, 1.807) is 0 Å². The number of alkyl halides is 10. The fourth-order valence-corrected chi connectivity index (χ4v) is 0.832. The molecule has 0 spiro atoms. The van der Waals surface area contributed by atoms with Gasteiger partial charge >= 0.3 is 17.5 Å². The van der Waals surface area contributed by atoms with Gasteiger partial charge in [-0.1, -0.05) is 23.2 Å². The van der Waals surface area contributed by atoms with Gasteiger partial charge in [0.25, 0.3) is 4.33 Å². The maximum Gasteiger partial charge on any atom is 0.427 e. The molecule has 0 N–H and O–H groups in total. The van der Waals surface area contributed by atoms with Crippen molar-refractivity contribution in [3.63, 3.8) is 0 Å². The van der Waals surface area contributed by atoms with E-state index in [-0.39, 0.29) is 0 Å². The third-order valence-electron chi connectivity index (χ3n) is 1.11. The van der Waals surface area contributed by atoms with E-state index in [1.165, 1.54) is 0 Å². The van der Waals surface area contributed by atoms with Gasteiger partial charge in [-0.2, -0.15) is 30.7 Å². The summed E-state index contributed by atoms with van der Waals surface area (Å²) in [5.41, 5.74) is 0. The molecule has 0 aromatic carbocycles. The monoisotopic (exact) mass is 286 g/mol. The third kappa shape index (κ3) is 2.14. The highest BCUT2D eigenvalue weighted by atomic mass is 35.5. The Morgan fingerprint density at radius 2 is 0.929 bits per heavy atom. The van der Waals surface area contributed by atoms with Crippen molar-refractivity contribution in [2.75, 3.05) is 0 Å². The van der Waals surface area contributed by atoms with Crippen molar-refractivity contribution >= 4 is 34.8 Å². The van der Waals surface area contributed by atoms with Crippen molar-refractivity contribution in [1.29, 1.82) is 0 Å². The minimum atomic E-state index is -5.95. The molecule has 0 heterocycles. The smallest absolute Gasteiger partial charge is 0.194 e. The first-order chi connectivity index (χ1) is 5.75. The Balaban J connectivity index is 5.30. The predicted octanol–water partition coefficient (Wildman–Crippen LogP) is 4.19. The van der Waals surface area contributed by atoms with E-state index in [4.69, 9.17) is 0 Å². The van der Waals surface area contributed by atoms with Gasteiger partial charge in [0.1, 0.15) is 0 Å². The fourth-order valence-electron chi connectivity index (χ4n) is 0.356. The van der Waals surface area contributed by atoms with E-state index in [9.17, 15) is 30.7 Å². The lowest BCUT2D eigenvalue weighted by atomic mass is 10.2. The molecule has 86 valence electrons. The first-order valence-corrected chi connectivity index (χ1v) is 3.77. The van der Waals surface area contributed by atoms with Crippen LogP contribution in [-0.2, 0) is 0 Å². The standard InChI is InChI=1S/C4Cl3F7/c5-1(6,4(12,13)14)2(8,9)3(7,10)11.